The number of aromatic carboxylic acids is 1. The number of carboxylic acid groups (broad SMARTS) is 1. The van der Waals surface area contributed by atoms with Crippen LogP contribution in [-0.4, -0.2) is 27.6 Å². The first kappa shape index (κ1) is 8.93. The maximum atomic E-state index is 10.6. The third-order valence-corrected chi connectivity index (χ3v) is 2.15. The highest BCUT2D eigenvalue weighted by atomic mass is 16.4. The molecule has 1 aliphatic carbocycles. The van der Waals surface area contributed by atoms with E-state index < -0.39 is 5.97 Å². The van der Waals surface area contributed by atoms with Gasteiger partial charge in [-0.05, 0) is 18.8 Å². The maximum absolute atomic E-state index is 10.6. The molecule has 1 fully saturated rings. The zero-order chi connectivity index (χ0) is 9.97. The van der Waals surface area contributed by atoms with Gasteiger partial charge in [-0.15, -0.1) is 0 Å². The van der Waals surface area contributed by atoms with E-state index in [1.807, 2.05) is 0 Å². The van der Waals surface area contributed by atoms with Crippen molar-refractivity contribution in [1.82, 2.24) is 9.97 Å². The smallest absolute Gasteiger partial charge is 0.354 e. The molecular weight excluding hydrogens is 182 g/mol. The van der Waals surface area contributed by atoms with Crippen LogP contribution in [0.3, 0.4) is 0 Å². The predicted octanol–water partition coefficient (Wildman–Crippen LogP) is 0.997. The number of carboxylic acids is 1. The van der Waals surface area contributed by atoms with Crippen LogP contribution >= 0.6 is 0 Å². The second-order valence-corrected chi connectivity index (χ2v) is 3.42. The summed E-state index contributed by atoms with van der Waals surface area (Å²) in [5.74, 6) is 0.296. The Morgan fingerprint density at radius 2 is 2.36 bits per heavy atom. The predicted molar refractivity (Wildman–Crippen MR) is 50.2 cm³/mol. The van der Waals surface area contributed by atoms with Crippen molar-refractivity contribution < 1.29 is 9.90 Å². The normalized spacial score (nSPS) is 15.1. The SMILES string of the molecule is O=C(O)c1cc(NCC2CC2)ncn1. The number of hydrogen-bond acceptors (Lipinski definition) is 4. The highest BCUT2D eigenvalue weighted by molar-refractivity contribution is 5.85. The summed E-state index contributed by atoms with van der Waals surface area (Å²) in [6.07, 6.45) is 3.77. The number of anilines is 1. The molecule has 5 heteroatoms. The van der Waals surface area contributed by atoms with Gasteiger partial charge < -0.3 is 10.4 Å². The van der Waals surface area contributed by atoms with Crippen molar-refractivity contribution in [2.24, 2.45) is 5.92 Å². The zero-order valence-electron chi connectivity index (χ0n) is 7.60. The fraction of sp³-hybridized carbons (Fsp3) is 0.444. The van der Waals surface area contributed by atoms with Gasteiger partial charge in [0.2, 0.25) is 0 Å². The molecule has 0 saturated heterocycles. The maximum Gasteiger partial charge on any atom is 0.354 e. The molecule has 0 radical (unpaired) electrons. The average molecular weight is 193 g/mol. The van der Waals surface area contributed by atoms with Gasteiger partial charge >= 0.3 is 5.97 Å². The largest absolute Gasteiger partial charge is 0.477 e. The highest BCUT2D eigenvalue weighted by Gasteiger charge is 2.20. The van der Waals surface area contributed by atoms with Crippen molar-refractivity contribution in [2.45, 2.75) is 12.8 Å². The quantitative estimate of drug-likeness (QED) is 0.746. The number of aromatic nitrogens is 2. The van der Waals surface area contributed by atoms with E-state index in [1.54, 1.807) is 0 Å². The first-order valence-corrected chi connectivity index (χ1v) is 4.55. The van der Waals surface area contributed by atoms with Crippen molar-refractivity contribution in [1.29, 1.82) is 0 Å². The van der Waals surface area contributed by atoms with E-state index in [9.17, 15) is 4.79 Å². The minimum absolute atomic E-state index is 0.0262. The van der Waals surface area contributed by atoms with E-state index in [0.717, 1.165) is 12.5 Å². The van der Waals surface area contributed by atoms with Crippen molar-refractivity contribution in [3.05, 3.63) is 18.1 Å². The topological polar surface area (TPSA) is 75.1 Å². The molecule has 14 heavy (non-hydrogen) atoms. The molecule has 0 amide bonds. The van der Waals surface area contributed by atoms with Crippen LogP contribution in [-0.2, 0) is 0 Å². The lowest BCUT2D eigenvalue weighted by Crippen LogP contribution is -2.07. The van der Waals surface area contributed by atoms with Crippen LogP contribution in [0.25, 0.3) is 0 Å². The highest BCUT2D eigenvalue weighted by Crippen LogP contribution is 2.28. The number of carbonyl (C=O) groups is 1. The van der Waals surface area contributed by atoms with Crippen molar-refractivity contribution in [3.8, 4) is 0 Å². The lowest BCUT2D eigenvalue weighted by Gasteiger charge is -2.03. The van der Waals surface area contributed by atoms with E-state index >= 15 is 0 Å². The first-order valence-electron chi connectivity index (χ1n) is 4.55. The number of nitrogens with one attached hydrogen (secondary N) is 1. The molecule has 0 atom stereocenters. The van der Waals surface area contributed by atoms with Gasteiger partial charge in [-0.25, -0.2) is 14.8 Å². The Kier molecular flexibility index (Phi) is 2.30. The summed E-state index contributed by atoms with van der Waals surface area (Å²) in [7, 11) is 0. The lowest BCUT2D eigenvalue weighted by atomic mass is 10.3. The molecule has 0 unspecified atom stereocenters. The molecule has 1 saturated carbocycles. The summed E-state index contributed by atoms with van der Waals surface area (Å²) in [6.45, 7) is 0.871. The molecule has 1 aliphatic rings. The van der Waals surface area contributed by atoms with Gasteiger partial charge in [-0.3, -0.25) is 0 Å². The third-order valence-electron chi connectivity index (χ3n) is 2.15. The van der Waals surface area contributed by atoms with Crippen molar-refractivity contribution >= 4 is 11.8 Å². The van der Waals surface area contributed by atoms with Crippen molar-refractivity contribution in [3.63, 3.8) is 0 Å². The number of nitrogens with zero attached hydrogens (tertiary/aromatic N) is 2. The van der Waals surface area contributed by atoms with Crippen LogP contribution in [0.15, 0.2) is 12.4 Å². The van der Waals surface area contributed by atoms with E-state index in [-0.39, 0.29) is 5.69 Å². The molecule has 0 spiro atoms. The summed E-state index contributed by atoms with van der Waals surface area (Å²) in [4.78, 5) is 18.2. The first-order chi connectivity index (χ1) is 6.75. The van der Waals surface area contributed by atoms with Gasteiger partial charge in [0, 0.05) is 12.6 Å². The van der Waals surface area contributed by atoms with Gasteiger partial charge in [-0.2, -0.15) is 0 Å². The van der Waals surface area contributed by atoms with Crippen LogP contribution in [0, 0.1) is 5.92 Å². The second kappa shape index (κ2) is 3.61. The molecule has 0 aromatic carbocycles. The zero-order valence-corrected chi connectivity index (χ0v) is 7.60. The molecule has 1 aromatic heterocycles. The Labute approximate surface area is 81.2 Å². The molecular formula is C9H11N3O2. The van der Waals surface area contributed by atoms with Crippen LogP contribution in [0.2, 0.25) is 0 Å². The molecule has 1 heterocycles. The molecule has 0 bridgehead atoms. The van der Waals surface area contributed by atoms with E-state index in [0.29, 0.717) is 5.82 Å². The Hall–Kier alpha value is -1.65. The van der Waals surface area contributed by atoms with Crippen LogP contribution in [0.1, 0.15) is 23.3 Å². The molecule has 2 rings (SSSR count). The van der Waals surface area contributed by atoms with Gasteiger partial charge in [0.15, 0.2) is 5.69 Å². The fourth-order valence-electron chi connectivity index (χ4n) is 1.14. The second-order valence-electron chi connectivity index (χ2n) is 3.42. The minimum Gasteiger partial charge on any atom is -0.477 e. The Morgan fingerprint density at radius 3 is 3.00 bits per heavy atom. The standard InChI is InChI=1S/C9H11N3O2/c13-9(14)7-3-8(12-5-11-7)10-4-6-1-2-6/h3,5-6H,1-2,4H2,(H,13,14)(H,10,11,12). The van der Waals surface area contributed by atoms with E-state index in [1.165, 1.54) is 25.2 Å². The summed E-state index contributed by atoms with van der Waals surface area (Å²) >= 11 is 0. The Morgan fingerprint density at radius 1 is 1.57 bits per heavy atom. The van der Waals surface area contributed by atoms with E-state index in [2.05, 4.69) is 15.3 Å². The monoisotopic (exact) mass is 193 g/mol. The molecule has 74 valence electrons. The third kappa shape index (κ3) is 2.18. The summed E-state index contributed by atoms with van der Waals surface area (Å²) in [5.41, 5.74) is 0.0262. The molecule has 1 aromatic rings. The van der Waals surface area contributed by atoms with E-state index in [4.69, 9.17) is 5.11 Å². The average Bonchev–Trinajstić information content (AvgIpc) is 2.99. The Bertz CT molecular complexity index is 350. The van der Waals surface area contributed by atoms with Gasteiger partial charge in [0.25, 0.3) is 0 Å². The molecule has 2 N–H and O–H groups in total. The van der Waals surface area contributed by atoms with Crippen LogP contribution in [0.4, 0.5) is 5.82 Å². The van der Waals surface area contributed by atoms with Crippen molar-refractivity contribution in [2.75, 3.05) is 11.9 Å². The van der Waals surface area contributed by atoms with Crippen LogP contribution in [0.5, 0.6) is 0 Å². The molecule has 0 aliphatic heterocycles. The number of rotatable bonds is 4. The summed E-state index contributed by atoms with van der Waals surface area (Å²) in [6, 6.07) is 1.45. The molecule has 5 nitrogen and oxygen atoms in total. The van der Waals surface area contributed by atoms with Gasteiger partial charge in [-0.1, -0.05) is 0 Å². The minimum atomic E-state index is -1.03. The van der Waals surface area contributed by atoms with Gasteiger partial charge in [0.05, 0.1) is 0 Å². The van der Waals surface area contributed by atoms with Gasteiger partial charge in [0.1, 0.15) is 12.1 Å². The summed E-state index contributed by atoms with van der Waals surface area (Å²) in [5, 5.41) is 11.8. The summed E-state index contributed by atoms with van der Waals surface area (Å²) < 4.78 is 0. The Balaban J connectivity index is 2.01. The fourth-order valence-corrected chi connectivity index (χ4v) is 1.14. The lowest BCUT2D eigenvalue weighted by molar-refractivity contribution is 0.0690. The van der Waals surface area contributed by atoms with Crippen LogP contribution < -0.4 is 5.32 Å². The number of hydrogen-bond donors (Lipinski definition) is 2.